The van der Waals surface area contributed by atoms with Gasteiger partial charge in [0.25, 0.3) is 11.8 Å². The molecule has 1 aliphatic heterocycles. The SMILES string of the molecule is Cc1c(Cl)cccc1NC1=C(c2ccccc2)C(=O)N(Cc2ccc(Cl)cc2)C1=O. The summed E-state index contributed by atoms with van der Waals surface area (Å²) in [7, 11) is 0. The zero-order valence-electron chi connectivity index (χ0n) is 16.2. The van der Waals surface area contributed by atoms with Gasteiger partial charge in [-0.15, -0.1) is 0 Å². The molecule has 4 rings (SSSR count). The third kappa shape index (κ3) is 3.84. The lowest BCUT2D eigenvalue weighted by Gasteiger charge is -2.16. The van der Waals surface area contributed by atoms with Gasteiger partial charge in [-0.3, -0.25) is 14.5 Å². The van der Waals surface area contributed by atoms with E-state index in [1.54, 1.807) is 36.4 Å². The number of hydrogen-bond acceptors (Lipinski definition) is 3. The highest BCUT2D eigenvalue weighted by molar-refractivity contribution is 6.36. The van der Waals surface area contributed by atoms with Gasteiger partial charge in [0, 0.05) is 15.7 Å². The Morgan fingerprint density at radius 3 is 2.23 bits per heavy atom. The van der Waals surface area contributed by atoms with Crippen LogP contribution in [-0.4, -0.2) is 16.7 Å². The molecule has 0 atom stereocenters. The summed E-state index contributed by atoms with van der Waals surface area (Å²) < 4.78 is 0. The summed E-state index contributed by atoms with van der Waals surface area (Å²) in [5, 5.41) is 4.34. The Morgan fingerprint density at radius 2 is 1.53 bits per heavy atom. The summed E-state index contributed by atoms with van der Waals surface area (Å²) in [6.45, 7) is 2.02. The van der Waals surface area contributed by atoms with Gasteiger partial charge in [0.2, 0.25) is 0 Å². The Hall–Kier alpha value is -3.08. The van der Waals surface area contributed by atoms with E-state index < -0.39 is 0 Å². The van der Waals surface area contributed by atoms with Gasteiger partial charge in [-0.25, -0.2) is 0 Å². The second-order valence-electron chi connectivity index (χ2n) is 6.98. The maximum absolute atomic E-state index is 13.3. The summed E-state index contributed by atoms with van der Waals surface area (Å²) in [6.07, 6.45) is 0. The second kappa shape index (κ2) is 8.34. The van der Waals surface area contributed by atoms with Crippen molar-refractivity contribution >= 4 is 46.3 Å². The van der Waals surface area contributed by atoms with Crippen LogP contribution in [0.1, 0.15) is 16.7 Å². The van der Waals surface area contributed by atoms with Crippen molar-refractivity contribution in [2.75, 3.05) is 5.32 Å². The molecule has 30 heavy (non-hydrogen) atoms. The monoisotopic (exact) mass is 436 g/mol. The minimum atomic E-state index is -0.381. The van der Waals surface area contributed by atoms with E-state index in [-0.39, 0.29) is 24.1 Å². The van der Waals surface area contributed by atoms with Crippen molar-refractivity contribution in [1.82, 2.24) is 4.90 Å². The van der Waals surface area contributed by atoms with Crippen LogP contribution >= 0.6 is 23.2 Å². The van der Waals surface area contributed by atoms with Gasteiger partial charge in [0.05, 0.1) is 12.1 Å². The predicted octanol–water partition coefficient (Wildman–Crippen LogP) is 5.69. The quantitative estimate of drug-likeness (QED) is 0.522. The molecule has 0 radical (unpaired) electrons. The Balaban J connectivity index is 1.75. The van der Waals surface area contributed by atoms with E-state index in [9.17, 15) is 9.59 Å². The normalized spacial score (nSPS) is 13.9. The molecule has 0 saturated heterocycles. The van der Waals surface area contributed by atoms with Crippen LogP contribution in [0.3, 0.4) is 0 Å². The first-order chi connectivity index (χ1) is 14.5. The Morgan fingerprint density at radius 1 is 0.833 bits per heavy atom. The number of imide groups is 1. The van der Waals surface area contributed by atoms with Crippen LogP contribution in [-0.2, 0) is 16.1 Å². The molecule has 0 aliphatic carbocycles. The van der Waals surface area contributed by atoms with Gasteiger partial charge in [0.1, 0.15) is 5.70 Å². The van der Waals surface area contributed by atoms with E-state index in [2.05, 4.69) is 5.32 Å². The molecule has 0 bridgehead atoms. The number of nitrogens with one attached hydrogen (secondary N) is 1. The van der Waals surface area contributed by atoms with Crippen molar-refractivity contribution in [3.8, 4) is 0 Å². The fraction of sp³-hybridized carbons (Fsp3) is 0.0833. The highest BCUT2D eigenvalue weighted by Crippen LogP contribution is 2.33. The van der Waals surface area contributed by atoms with Crippen LogP contribution in [0.25, 0.3) is 5.57 Å². The van der Waals surface area contributed by atoms with E-state index in [0.29, 0.717) is 26.9 Å². The molecule has 1 heterocycles. The molecule has 0 aromatic heterocycles. The van der Waals surface area contributed by atoms with Crippen molar-refractivity contribution < 1.29 is 9.59 Å². The number of nitrogens with zero attached hydrogens (tertiary/aromatic N) is 1. The minimum absolute atomic E-state index is 0.158. The van der Waals surface area contributed by atoms with Crippen LogP contribution in [0.2, 0.25) is 10.0 Å². The second-order valence-corrected chi connectivity index (χ2v) is 7.82. The topological polar surface area (TPSA) is 49.4 Å². The molecule has 4 nitrogen and oxygen atoms in total. The van der Waals surface area contributed by atoms with Crippen LogP contribution < -0.4 is 5.32 Å². The van der Waals surface area contributed by atoms with E-state index in [1.807, 2.05) is 43.3 Å². The zero-order chi connectivity index (χ0) is 21.3. The summed E-state index contributed by atoms with van der Waals surface area (Å²) >= 11 is 12.2. The van der Waals surface area contributed by atoms with Crippen molar-refractivity contribution in [2.45, 2.75) is 13.5 Å². The van der Waals surface area contributed by atoms with Gasteiger partial charge in [-0.2, -0.15) is 0 Å². The van der Waals surface area contributed by atoms with Crippen molar-refractivity contribution in [3.05, 3.63) is 105 Å². The molecule has 0 saturated carbocycles. The summed E-state index contributed by atoms with van der Waals surface area (Å²) in [4.78, 5) is 27.8. The average molecular weight is 437 g/mol. The molecular weight excluding hydrogens is 419 g/mol. The number of amides is 2. The van der Waals surface area contributed by atoms with E-state index in [0.717, 1.165) is 11.1 Å². The standard InChI is InChI=1S/C24H18Cl2N2O2/c1-15-19(26)8-5-9-20(15)27-22-21(17-6-3-2-4-7-17)23(29)28(24(22)30)14-16-10-12-18(25)13-11-16/h2-13,27H,14H2,1H3. The van der Waals surface area contributed by atoms with Gasteiger partial charge >= 0.3 is 0 Å². The predicted molar refractivity (Wildman–Crippen MR) is 120 cm³/mol. The molecule has 3 aromatic carbocycles. The zero-order valence-corrected chi connectivity index (χ0v) is 17.7. The van der Waals surface area contributed by atoms with E-state index >= 15 is 0 Å². The maximum atomic E-state index is 13.3. The highest BCUT2D eigenvalue weighted by Gasteiger charge is 2.39. The van der Waals surface area contributed by atoms with Crippen LogP contribution in [0.15, 0.2) is 78.5 Å². The molecular formula is C24H18Cl2N2O2. The minimum Gasteiger partial charge on any atom is -0.350 e. The smallest absolute Gasteiger partial charge is 0.278 e. The van der Waals surface area contributed by atoms with Crippen LogP contribution in [0, 0.1) is 6.92 Å². The molecule has 0 fully saturated rings. The third-order valence-corrected chi connectivity index (χ3v) is 5.67. The van der Waals surface area contributed by atoms with Gasteiger partial charge in [0.15, 0.2) is 0 Å². The van der Waals surface area contributed by atoms with Crippen molar-refractivity contribution in [2.24, 2.45) is 0 Å². The lowest BCUT2D eigenvalue weighted by atomic mass is 10.0. The summed E-state index contributed by atoms with van der Waals surface area (Å²) in [6, 6.07) is 21.7. The van der Waals surface area contributed by atoms with E-state index in [1.165, 1.54) is 4.90 Å². The molecule has 6 heteroatoms. The number of carbonyl (C=O) groups is 2. The van der Waals surface area contributed by atoms with Crippen LogP contribution in [0.4, 0.5) is 5.69 Å². The fourth-order valence-electron chi connectivity index (χ4n) is 3.36. The molecule has 0 spiro atoms. The fourth-order valence-corrected chi connectivity index (χ4v) is 3.66. The first-order valence-electron chi connectivity index (χ1n) is 9.38. The number of anilines is 1. The number of carbonyl (C=O) groups excluding carboxylic acids is 2. The van der Waals surface area contributed by atoms with Crippen molar-refractivity contribution in [1.29, 1.82) is 0 Å². The van der Waals surface area contributed by atoms with Gasteiger partial charge in [-0.05, 0) is 47.9 Å². The first kappa shape index (κ1) is 20.2. The van der Waals surface area contributed by atoms with Crippen LogP contribution in [0.5, 0.6) is 0 Å². The van der Waals surface area contributed by atoms with E-state index in [4.69, 9.17) is 23.2 Å². The van der Waals surface area contributed by atoms with Gasteiger partial charge in [-0.1, -0.05) is 71.7 Å². The molecule has 1 N–H and O–H groups in total. The lowest BCUT2D eigenvalue weighted by molar-refractivity contribution is -0.137. The summed E-state index contributed by atoms with van der Waals surface area (Å²) in [5.41, 5.74) is 3.56. The summed E-state index contributed by atoms with van der Waals surface area (Å²) in [5.74, 6) is -0.725. The molecule has 2 amide bonds. The molecule has 1 aliphatic rings. The molecule has 150 valence electrons. The third-order valence-electron chi connectivity index (χ3n) is 5.01. The number of halogens is 2. The molecule has 3 aromatic rings. The highest BCUT2D eigenvalue weighted by atomic mass is 35.5. The largest absolute Gasteiger partial charge is 0.350 e. The maximum Gasteiger partial charge on any atom is 0.278 e. The van der Waals surface area contributed by atoms with Gasteiger partial charge < -0.3 is 5.32 Å². The molecule has 0 unspecified atom stereocenters. The number of benzene rings is 3. The van der Waals surface area contributed by atoms with Crippen molar-refractivity contribution in [3.63, 3.8) is 0 Å². The number of hydrogen-bond donors (Lipinski definition) is 1. The Bertz CT molecular complexity index is 1160. The first-order valence-corrected chi connectivity index (χ1v) is 10.1. The average Bonchev–Trinajstić information content (AvgIpc) is 2.98. The Labute approximate surface area is 184 Å². The number of rotatable bonds is 5. The Kier molecular flexibility index (Phi) is 5.62. The lowest BCUT2D eigenvalue weighted by Crippen LogP contribution is -2.32.